The average Bonchev–Trinajstić information content (AvgIpc) is 3.38. The second-order valence-electron chi connectivity index (χ2n) is 11.8. The number of hydrogen-bond donors (Lipinski definition) is 1. The Hall–Kier alpha value is -5.81. The van der Waals surface area contributed by atoms with Crippen molar-refractivity contribution in [2.45, 2.75) is 26.3 Å². The van der Waals surface area contributed by atoms with Crippen LogP contribution >= 0.6 is 0 Å². The molecule has 5 nitrogen and oxygen atoms in total. The number of aromatic nitrogens is 1. The second-order valence-corrected chi connectivity index (χ2v) is 11.8. The Morgan fingerprint density at radius 2 is 1.38 bits per heavy atom. The van der Waals surface area contributed by atoms with E-state index in [1.165, 1.54) is 0 Å². The lowest BCUT2D eigenvalue weighted by Gasteiger charge is -2.15. The number of carboxylic acid groups (broad SMARTS) is 1. The highest BCUT2D eigenvalue weighted by Crippen LogP contribution is 2.40. The number of nitrogens with zero attached hydrogens (tertiary/aromatic N) is 1. The van der Waals surface area contributed by atoms with Crippen LogP contribution in [0.1, 0.15) is 23.1 Å². The van der Waals surface area contributed by atoms with E-state index in [4.69, 9.17) is 9.47 Å². The maximum atomic E-state index is 12.2. The third-order valence-electron chi connectivity index (χ3n) is 8.71. The molecule has 0 unspecified atom stereocenters. The zero-order valence-corrected chi connectivity index (χ0v) is 26.2. The molecule has 6 aromatic carbocycles. The van der Waals surface area contributed by atoms with Crippen LogP contribution in [0.5, 0.6) is 11.6 Å². The third kappa shape index (κ3) is 6.21. The smallest absolute Gasteiger partial charge is 0.493 e. The van der Waals surface area contributed by atoms with Crippen LogP contribution in [0.4, 0.5) is 4.79 Å². The maximum absolute atomic E-state index is 12.2. The molecule has 1 aromatic heterocycles. The second kappa shape index (κ2) is 13.3. The molecule has 0 bridgehead atoms. The van der Waals surface area contributed by atoms with Gasteiger partial charge in [0.15, 0.2) is 0 Å². The van der Waals surface area contributed by atoms with Crippen molar-refractivity contribution in [3.05, 3.63) is 156 Å². The minimum absolute atomic E-state index is 0.351. The molecule has 0 spiro atoms. The van der Waals surface area contributed by atoms with E-state index in [9.17, 15) is 9.90 Å². The number of aryl methyl sites for hydroxylation is 2. The predicted molar refractivity (Wildman–Crippen MR) is 190 cm³/mol. The lowest BCUT2D eigenvalue weighted by atomic mass is 9.97. The van der Waals surface area contributed by atoms with E-state index >= 15 is 0 Å². The molecular weight excluding hydrogens is 582 g/mol. The fraction of sp³-hybridized carbons (Fsp3) is 0.119. The number of hydrogen-bond acceptors (Lipinski definition) is 3. The van der Waals surface area contributed by atoms with Gasteiger partial charge >= 0.3 is 6.16 Å². The van der Waals surface area contributed by atoms with Crippen LogP contribution < -0.4 is 9.47 Å². The molecule has 0 saturated carbocycles. The topological polar surface area (TPSA) is 60.7 Å². The summed E-state index contributed by atoms with van der Waals surface area (Å²) in [6.45, 7) is 3.02. The minimum atomic E-state index is -1.34. The zero-order chi connectivity index (χ0) is 32.2. The first-order valence-electron chi connectivity index (χ1n) is 15.9. The minimum Gasteiger partial charge on any atom is -0.493 e. The summed E-state index contributed by atoms with van der Waals surface area (Å²) >= 11 is 0. The molecule has 47 heavy (non-hydrogen) atoms. The van der Waals surface area contributed by atoms with Crippen molar-refractivity contribution >= 4 is 27.8 Å². The molecule has 1 N–H and O–H groups in total. The van der Waals surface area contributed by atoms with E-state index < -0.39 is 6.16 Å². The summed E-state index contributed by atoms with van der Waals surface area (Å²) in [5.74, 6) is 1.19. The molecule has 5 heteroatoms. The van der Waals surface area contributed by atoms with E-state index in [1.807, 2.05) is 65.2 Å². The SMILES string of the molecule is Cc1ccccc1-c1cccc2c(CCCOc3cccc4ccccc34)c(OC(=O)O)n(Cc3cccc(-c4ccccc4)c3)c12. The van der Waals surface area contributed by atoms with Crippen LogP contribution in [0, 0.1) is 6.92 Å². The molecule has 7 rings (SSSR count). The van der Waals surface area contributed by atoms with Gasteiger partial charge in [-0.3, -0.25) is 0 Å². The van der Waals surface area contributed by atoms with Crippen LogP contribution in [0.15, 0.2) is 140 Å². The molecule has 232 valence electrons. The van der Waals surface area contributed by atoms with Gasteiger partial charge in [0, 0.05) is 21.9 Å². The van der Waals surface area contributed by atoms with E-state index in [1.54, 1.807) is 0 Å². The van der Waals surface area contributed by atoms with Crippen molar-refractivity contribution < 1.29 is 19.4 Å². The lowest BCUT2D eigenvalue weighted by molar-refractivity contribution is 0.140. The number of benzene rings is 6. The molecule has 0 aliphatic rings. The Bertz CT molecular complexity index is 2190. The summed E-state index contributed by atoms with van der Waals surface area (Å²) in [5, 5.41) is 13.2. The van der Waals surface area contributed by atoms with E-state index in [0.29, 0.717) is 31.9 Å². The Morgan fingerprint density at radius 3 is 2.23 bits per heavy atom. The number of carbonyl (C=O) groups is 1. The lowest BCUT2D eigenvalue weighted by Crippen LogP contribution is -2.11. The summed E-state index contributed by atoms with van der Waals surface area (Å²) in [5.41, 5.74) is 8.36. The molecule has 0 atom stereocenters. The van der Waals surface area contributed by atoms with Gasteiger partial charge in [0.05, 0.1) is 18.7 Å². The summed E-state index contributed by atoms with van der Waals surface area (Å²) in [7, 11) is 0. The maximum Gasteiger partial charge on any atom is 0.512 e. The van der Waals surface area contributed by atoms with Gasteiger partial charge in [0.1, 0.15) is 5.75 Å². The fourth-order valence-corrected chi connectivity index (χ4v) is 6.56. The molecule has 0 fully saturated rings. The van der Waals surface area contributed by atoms with Crippen molar-refractivity contribution in [2.75, 3.05) is 6.61 Å². The Morgan fingerprint density at radius 1 is 0.702 bits per heavy atom. The third-order valence-corrected chi connectivity index (χ3v) is 8.71. The van der Waals surface area contributed by atoms with Gasteiger partial charge in [0.2, 0.25) is 5.88 Å². The molecular formula is C42H35NO4. The molecule has 7 aromatic rings. The molecule has 0 aliphatic heterocycles. The highest BCUT2D eigenvalue weighted by Gasteiger charge is 2.24. The summed E-state index contributed by atoms with van der Waals surface area (Å²) in [6.07, 6.45) is -0.0769. The van der Waals surface area contributed by atoms with Crippen molar-refractivity contribution in [1.29, 1.82) is 0 Å². The number of fused-ring (bicyclic) bond motifs is 2. The van der Waals surface area contributed by atoms with Crippen LogP contribution in [0.2, 0.25) is 0 Å². The Balaban J connectivity index is 1.30. The predicted octanol–water partition coefficient (Wildman–Crippen LogP) is 10.6. The van der Waals surface area contributed by atoms with E-state index in [0.717, 1.165) is 66.4 Å². The Kier molecular flexibility index (Phi) is 8.44. The van der Waals surface area contributed by atoms with Crippen molar-refractivity contribution in [1.82, 2.24) is 4.57 Å². The quantitative estimate of drug-likeness (QED) is 0.123. The molecule has 0 saturated heterocycles. The Labute approximate surface area is 274 Å². The van der Waals surface area contributed by atoms with Gasteiger partial charge in [-0.05, 0) is 65.1 Å². The molecule has 1 heterocycles. The van der Waals surface area contributed by atoms with Crippen LogP contribution in [-0.2, 0) is 13.0 Å². The van der Waals surface area contributed by atoms with Gasteiger partial charge in [-0.2, -0.15) is 0 Å². The van der Waals surface area contributed by atoms with Crippen molar-refractivity contribution in [3.8, 4) is 33.9 Å². The molecule has 0 amide bonds. The highest BCUT2D eigenvalue weighted by atomic mass is 16.7. The van der Waals surface area contributed by atoms with Gasteiger partial charge in [-0.1, -0.05) is 127 Å². The number of ether oxygens (including phenoxy) is 2. The summed E-state index contributed by atoms with van der Waals surface area (Å²) in [4.78, 5) is 12.2. The standard InChI is InChI=1S/C42H35NO4/c1-29-13-5-7-20-34(29)36-22-11-23-37-38(24-12-26-46-39-25-10-18-32-17-6-8-21-35(32)39)41(47-42(44)45)43(40(36)37)28-30-14-9-19-33(27-30)31-15-3-2-4-16-31/h2-11,13-23,25,27H,12,24,26,28H2,1H3,(H,44,45). The first-order chi connectivity index (χ1) is 23.1. The average molecular weight is 618 g/mol. The molecule has 0 aliphatic carbocycles. The highest BCUT2D eigenvalue weighted by molar-refractivity contribution is 5.99. The summed E-state index contributed by atoms with van der Waals surface area (Å²) in [6, 6.07) is 47.4. The van der Waals surface area contributed by atoms with Crippen LogP contribution in [0.25, 0.3) is 43.9 Å². The van der Waals surface area contributed by atoms with Gasteiger partial charge in [-0.15, -0.1) is 0 Å². The van der Waals surface area contributed by atoms with E-state index in [-0.39, 0.29) is 0 Å². The first-order valence-corrected chi connectivity index (χ1v) is 15.9. The van der Waals surface area contributed by atoms with Crippen LogP contribution in [0.3, 0.4) is 0 Å². The van der Waals surface area contributed by atoms with Crippen LogP contribution in [-0.4, -0.2) is 22.4 Å². The van der Waals surface area contributed by atoms with Gasteiger partial charge in [-0.25, -0.2) is 4.79 Å². The zero-order valence-electron chi connectivity index (χ0n) is 26.2. The fourth-order valence-electron chi connectivity index (χ4n) is 6.56. The van der Waals surface area contributed by atoms with Gasteiger partial charge in [0.25, 0.3) is 0 Å². The van der Waals surface area contributed by atoms with Crippen molar-refractivity contribution in [3.63, 3.8) is 0 Å². The summed E-state index contributed by atoms with van der Waals surface area (Å²) < 4.78 is 14.0. The number of rotatable bonds is 10. The van der Waals surface area contributed by atoms with E-state index in [2.05, 4.69) is 85.8 Å². The largest absolute Gasteiger partial charge is 0.512 e. The monoisotopic (exact) mass is 617 g/mol. The van der Waals surface area contributed by atoms with Gasteiger partial charge < -0.3 is 19.1 Å². The number of para-hydroxylation sites is 1. The van der Waals surface area contributed by atoms with Crippen molar-refractivity contribution in [2.24, 2.45) is 0 Å². The first kappa shape index (κ1) is 29.9. The molecule has 0 radical (unpaired) electrons. The normalized spacial score (nSPS) is 11.2.